The van der Waals surface area contributed by atoms with Gasteiger partial charge in [0, 0.05) is 29.8 Å². The number of ether oxygens (including phenoxy) is 1. The summed E-state index contributed by atoms with van der Waals surface area (Å²) in [5.41, 5.74) is 0. The van der Waals surface area contributed by atoms with Gasteiger partial charge in [-0.05, 0) is 18.9 Å². The molecule has 1 amide bonds. The highest BCUT2D eigenvalue weighted by molar-refractivity contribution is 8.13. The van der Waals surface area contributed by atoms with Crippen molar-refractivity contribution in [3.8, 4) is 5.75 Å². The quantitative estimate of drug-likeness (QED) is 0.769. The summed E-state index contributed by atoms with van der Waals surface area (Å²) in [6.07, 6.45) is 1.77. The van der Waals surface area contributed by atoms with Crippen molar-refractivity contribution in [3.63, 3.8) is 0 Å². The number of nitrogens with zero attached hydrogens (tertiary/aromatic N) is 1. The normalized spacial score (nSPS) is 14.9. The van der Waals surface area contributed by atoms with Crippen LogP contribution in [0.15, 0.2) is 17.0 Å². The summed E-state index contributed by atoms with van der Waals surface area (Å²) in [7, 11) is 2.27. The van der Waals surface area contributed by atoms with Gasteiger partial charge in [-0.3, -0.25) is 4.79 Å². The van der Waals surface area contributed by atoms with Crippen molar-refractivity contribution in [1.29, 1.82) is 0 Å². The second-order valence-electron chi connectivity index (χ2n) is 4.68. The summed E-state index contributed by atoms with van der Waals surface area (Å²) in [4.78, 5) is 12.4. The molecule has 9 heteroatoms. The highest BCUT2D eigenvalue weighted by Crippen LogP contribution is 2.31. The Bertz CT molecular complexity index is 676. The van der Waals surface area contributed by atoms with E-state index in [0.29, 0.717) is 12.1 Å². The minimum Gasteiger partial charge on any atom is -0.479 e. The van der Waals surface area contributed by atoms with E-state index in [-0.39, 0.29) is 6.04 Å². The van der Waals surface area contributed by atoms with Gasteiger partial charge < -0.3 is 9.64 Å². The highest BCUT2D eigenvalue weighted by Gasteiger charge is 2.30. The van der Waals surface area contributed by atoms with Gasteiger partial charge in [-0.15, -0.1) is 0 Å². The molecule has 1 saturated carbocycles. The molecule has 21 heavy (non-hydrogen) atoms. The van der Waals surface area contributed by atoms with Crippen LogP contribution in [0.1, 0.15) is 12.8 Å². The van der Waals surface area contributed by atoms with Crippen LogP contribution >= 0.6 is 10.7 Å². The molecule has 0 atom stereocenters. The van der Waals surface area contributed by atoms with E-state index in [4.69, 9.17) is 15.4 Å². The molecule has 2 rings (SSSR count). The zero-order valence-electron chi connectivity index (χ0n) is 11.0. The number of halogens is 3. The molecule has 1 aliphatic carbocycles. The van der Waals surface area contributed by atoms with Crippen LogP contribution in [-0.2, 0) is 13.8 Å². The Balaban J connectivity index is 2.21. The summed E-state index contributed by atoms with van der Waals surface area (Å²) in [5.74, 6) is -3.54. The maximum absolute atomic E-state index is 13.7. The predicted octanol–water partition coefficient (Wildman–Crippen LogP) is 1.89. The van der Waals surface area contributed by atoms with E-state index in [1.165, 1.54) is 4.90 Å². The van der Waals surface area contributed by atoms with Crippen LogP contribution < -0.4 is 4.74 Å². The monoisotopic (exact) mass is 339 g/mol. The van der Waals surface area contributed by atoms with Crippen LogP contribution in [-0.4, -0.2) is 38.9 Å². The van der Waals surface area contributed by atoms with E-state index in [1.807, 2.05) is 0 Å². The Morgan fingerprint density at radius 3 is 2.57 bits per heavy atom. The molecule has 0 aliphatic heterocycles. The number of benzene rings is 1. The highest BCUT2D eigenvalue weighted by atomic mass is 35.7. The Kier molecular flexibility index (Phi) is 4.38. The van der Waals surface area contributed by atoms with E-state index < -0.39 is 43.8 Å². The topological polar surface area (TPSA) is 63.7 Å². The fourth-order valence-corrected chi connectivity index (χ4v) is 2.73. The number of carbonyl (C=O) groups excluding carboxylic acids is 1. The molecule has 116 valence electrons. The van der Waals surface area contributed by atoms with E-state index in [0.717, 1.165) is 12.8 Å². The van der Waals surface area contributed by atoms with E-state index in [9.17, 15) is 22.0 Å². The van der Waals surface area contributed by atoms with E-state index in [1.54, 1.807) is 7.05 Å². The molecule has 1 fully saturated rings. The second-order valence-corrected chi connectivity index (χ2v) is 7.21. The average molecular weight is 340 g/mol. The van der Waals surface area contributed by atoms with Gasteiger partial charge >= 0.3 is 0 Å². The summed E-state index contributed by atoms with van der Waals surface area (Å²) in [5, 5.41) is 0. The molecular formula is C12H12ClF2NO4S. The number of hydrogen-bond acceptors (Lipinski definition) is 4. The molecule has 0 spiro atoms. The number of rotatable bonds is 5. The molecule has 0 unspecified atom stereocenters. The first-order chi connectivity index (χ1) is 9.70. The fraction of sp³-hybridized carbons (Fsp3) is 0.417. The van der Waals surface area contributed by atoms with Crippen molar-refractivity contribution in [2.75, 3.05) is 13.7 Å². The molecule has 1 aromatic rings. The molecule has 0 heterocycles. The lowest BCUT2D eigenvalue weighted by Crippen LogP contribution is -2.33. The van der Waals surface area contributed by atoms with Crippen molar-refractivity contribution < 1.29 is 26.7 Å². The van der Waals surface area contributed by atoms with E-state index >= 15 is 0 Å². The van der Waals surface area contributed by atoms with Gasteiger partial charge in [0.25, 0.3) is 15.0 Å². The van der Waals surface area contributed by atoms with Crippen LogP contribution in [0.2, 0.25) is 0 Å². The van der Waals surface area contributed by atoms with Crippen molar-refractivity contribution in [2.24, 2.45) is 0 Å². The van der Waals surface area contributed by atoms with Gasteiger partial charge in [0.05, 0.1) is 0 Å². The third kappa shape index (κ3) is 3.82. The lowest BCUT2D eigenvalue weighted by Gasteiger charge is -2.17. The van der Waals surface area contributed by atoms with Crippen molar-refractivity contribution in [3.05, 3.63) is 23.8 Å². The zero-order valence-corrected chi connectivity index (χ0v) is 12.5. The summed E-state index contributed by atoms with van der Waals surface area (Å²) < 4.78 is 54.3. The Labute approximate surface area is 124 Å². The van der Waals surface area contributed by atoms with Gasteiger partial charge in [0.15, 0.2) is 18.2 Å². The van der Waals surface area contributed by atoms with Crippen LogP contribution in [0.3, 0.4) is 0 Å². The Hall–Kier alpha value is -1.41. The van der Waals surface area contributed by atoms with Crippen molar-refractivity contribution in [2.45, 2.75) is 23.8 Å². The number of likely N-dealkylation sites (N-methyl/N-ethyl adjacent to an activating group) is 1. The van der Waals surface area contributed by atoms with Crippen molar-refractivity contribution >= 4 is 25.6 Å². The second kappa shape index (κ2) is 5.76. The molecule has 0 saturated heterocycles. The van der Waals surface area contributed by atoms with Gasteiger partial charge in [0.2, 0.25) is 0 Å². The Morgan fingerprint density at radius 1 is 1.43 bits per heavy atom. The van der Waals surface area contributed by atoms with Gasteiger partial charge in [0.1, 0.15) is 10.7 Å². The molecule has 1 aliphatic rings. The average Bonchev–Trinajstić information content (AvgIpc) is 3.18. The van der Waals surface area contributed by atoms with Gasteiger partial charge in [-0.2, -0.15) is 0 Å². The lowest BCUT2D eigenvalue weighted by atomic mass is 10.3. The smallest absolute Gasteiger partial charge is 0.265 e. The summed E-state index contributed by atoms with van der Waals surface area (Å²) in [6, 6.07) is 1.13. The molecule has 0 radical (unpaired) electrons. The lowest BCUT2D eigenvalue weighted by molar-refractivity contribution is -0.132. The summed E-state index contributed by atoms with van der Waals surface area (Å²) >= 11 is 0. The molecule has 0 aromatic heterocycles. The zero-order chi connectivity index (χ0) is 15.8. The number of amides is 1. The predicted molar refractivity (Wildman–Crippen MR) is 70.7 cm³/mol. The first-order valence-electron chi connectivity index (χ1n) is 6.02. The first kappa shape index (κ1) is 16.0. The summed E-state index contributed by atoms with van der Waals surface area (Å²) in [6.45, 7) is -0.561. The minimum atomic E-state index is -4.41. The minimum absolute atomic E-state index is 0.135. The molecule has 0 bridgehead atoms. The number of hydrogen-bond donors (Lipinski definition) is 0. The largest absolute Gasteiger partial charge is 0.479 e. The van der Waals surface area contributed by atoms with Gasteiger partial charge in [-0.25, -0.2) is 17.2 Å². The first-order valence-corrected chi connectivity index (χ1v) is 8.33. The van der Waals surface area contributed by atoms with Gasteiger partial charge in [-0.1, -0.05) is 0 Å². The molecule has 5 nitrogen and oxygen atoms in total. The number of carbonyl (C=O) groups is 1. The van der Waals surface area contributed by atoms with E-state index in [2.05, 4.69) is 0 Å². The third-order valence-electron chi connectivity index (χ3n) is 3.06. The fourth-order valence-electron chi connectivity index (χ4n) is 1.76. The van der Waals surface area contributed by atoms with Crippen molar-refractivity contribution in [1.82, 2.24) is 4.90 Å². The van der Waals surface area contributed by atoms with Crippen LogP contribution in [0.4, 0.5) is 8.78 Å². The van der Waals surface area contributed by atoms with Crippen LogP contribution in [0.25, 0.3) is 0 Å². The SMILES string of the molecule is CN(C(=O)COc1c(F)cc(F)cc1S(=O)(=O)Cl)C1CC1. The molecule has 1 aromatic carbocycles. The molecule has 0 N–H and O–H groups in total. The standard InChI is InChI=1S/C12H12ClF2NO4S/c1-16(8-2-3-8)11(17)6-20-12-9(15)4-7(14)5-10(12)21(13,18)19/h4-5,8H,2-3,6H2,1H3. The Morgan fingerprint density at radius 2 is 2.05 bits per heavy atom. The third-order valence-corrected chi connectivity index (χ3v) is 4.39. The van der Waals surface area contributed by atoms with Crippen LogP contribution in [0.5, 0.6) is 5.75 Å². The molecular weight excluding hydrogens is 328 g/mol. The maximum Gasteiger partial charge on any atom is 0.265 e. The maximum atomic E-state index is 13.7. The van der Waals surface area contributed by atoms with Crippen LogP contribution in [0, 0.1) is 11.6 Å².